The number of rotatable bonds is 11. The van der Waals surface area contributed by atoms with E-state index in [9.17, 15) is 14.4 Å². The Morgan fingerprint density at radius 3 is 2.00 bits per heavy atom. The van der Waals surface area contributed by atoms with Crippen molar-refractivity contribution < 1.29 is 14.4 Å². The van der Waals surface area contributed by atoms with Gasteiger partial charge in [-0.05, 0) is 31.6 Å². The molecule has 0 saturated heterocycles. The predicted molar refractivity (Wildman–Crippen MR) is 72.8 cm³/mol. The first-order valence-electron chi connectivity index (χ1n) is 6.20. The van der Waals surface area contributed by atoms with Gasteiger partial charge in [-0.1, -0.05) is 6.42 Å². The molecule has 1 atom stereocenters. The van der Waals surface area contributed by atoms with Gasteiger partial charge in [0.1, 0.15) is 0 Å². The number of amides is 2. The number of unbranched alkanes of at least 4 members (excludes halogenated alkanes) is 1. The average molecular weight is 274 g/mol. The lowest BCUT2D eigenvalue weighted by Crippen LogP contribution is -2.17. The minimum Gasteiger partial charge on any atom is -0.370 e. The molecule has 0 bridgehead atoms. The zero-order valence-corrected chi connectivity index (χ0v) is 11.5. The lowest BCUT2D eigenvalue weighted by molar-refractivity contribution is -0.119. The van der Waals surface area contributed by atoms with Gasteiger partial charge < -0.3 is 11.5 Å². The van der Waals surface area contributed by atoms with Crippen molar-refractivity contribution in [2.24, 2.45) is 17.4 Å². The van der Waals surface area contributed by atoms with Crippen molar-refractivity contribution in [3.8, 4) is 0 Å². The average Bonchev–Trinajstić information content (AvgIpc) is 2.22. The summed E-state index contributed by atoms with van der Waals surface area (Å²) in [4.78, 5) is 32.2. The molecule has 5 nitrogen and oxygen atoms in total. The van der Waals surface area contributed by atoms with E-state index in [0.29, 0.717) is 25.7 Å². The zero-order valence-electron chi connectivity index (χ0n) is 10.6. The molecular weight excluding hydrogens is 252 g/mol. The second kappa shape index (κ2) is 9.94. The maximum absolute atomic E-state index is 10.9. The summed E-state index contributed by atoms with van der Waals surface area (Å²) in [7, 11) is 0. The van der Waals surface area contributed by atoms with Gasteiger partial charge in [-0.25, -0.2) is 0 Å². The molecule has 0 aromatic rings. The topological polar surface area (TPSA) is 103 Å². The van der Waals surface area contributed by atoms with Gasteiger partial charge in [0.25, 0.3) is 0 Å². The Morgan fingerprint density at radius 2 is 1.50 bits per heavy atom. The summed E-state index contributed by atoms with van der Waals surface area (Å²) in [6, 6.07) is 0. The molecule has 0 radical (unpaired) electrons. The summed E-state index contributed by atoms with van der Waals surface area (Å²) in [6.07, 6.45) is 5.03. The smallest absolute Gasteiger partial charge is 0.217 e. The van der Waals surface area contributed by atoms with E-state index in [0.717, 1.165) is 25.7 Å². The van der Waals surface area contributed by atoms with Crippen LogP contribution in [0.25, 0.3) is 0 Å². The van der Waals surface area contributed by atoms with Gasteiger partial charge >= 0.3 is 0 Å². The lowest BCUT2D eigenvalue weighted by atomic mass is 9.92. The molecule has 0 aliphatic carbocycles. The lowest BCUT2D eigenvalue weighted by Gasteiger charge is -2.14. The van der Waals surface area contributed by atoms with E-state index >= 15 is 0 Å². The van der Waals surface area contributed by atoms with Crippen LogP contribution < -0.4 is 11.5 Å². The first-order chi connectivity index (χ1) is 8.41. The molecule has 0 spiro atoms. The van der Waals surface area contributed by atoms with Crippen molar-refractivity contribution in [2.75, 3.05) is 0 Å². The van der Waals surface area contributed by atoms with Gasteiger partial charge in [-0.15, -0.1) is 12.6 Å². The van der Waals surface area contributed by atoms with Gasteiger partial charge in [-0.3, -0.25) is 14.4 Å². The molecule has 2 amide bonds. The molecule has 0 aromatic carbocycles. The van der Waals surface area contributed by atoms with E-state index in [1.54, 1.807) is 0 Å². The number of carbonyl (C=O) groups is 3. The first-order valence-corrected chi connectivity index (χ1v) is 6.65. The molecule has 18 heavy (non-hydrogen) atoms. The van der Waals surface area contributed by atoms with Crippen LogP contribution in [0.4, 0.5) is 0 Å². The Morgan fingerprint density at radius 1 is 0.889 bits per heavy atom. The van der Waals surface area contributed by atoms with Crippen LogP contribution in [0.2, 0.25) is 0 Å². The van der Waals surface area contributed by atoms with Crippen LogP contribution in [0.15, 0.2) is 0 Å². The number of primary amides is 2. The Labute approximate surface area is 113 Å². The monoisotopic (exact) mass is 274 g/mol. The van der Waals surface area contributed by atoms with Gasteiger partial charge in [0.15, 0.2) is 5.12 Å². The number of carbonyl (C=O) groups excluding carboxylic acids is 3. The molecule has 4 N–H and O–H groups in total. The standard InChI is InChI=1S/C12H22N2O3S/c13-10(15)6-3-5-9(8-11(14)16)4-1-2-7-12(17)18/h9H,1-8H2,(H2,13,15)(H2,14,16)(H,17,18). The molecule has 0 aliphatic heterocycles. The third kappa shape index (κ3) is 11.4. The molecule has 0 aliphatic rings. The van der Waals surface area contributed by atoms with Crippen LogP contribution in [0.1, 0.15) is 51.4 Å². The van der Waals surface area contributed by atoms with Gasteiger partial charge in [-0.2, -0.15) is 0 Å². The Balaban J connectivity index is 3.87. The van der Waals surface area contributed by atoms with Crippen molar-refractivity contribution in [3.05, 3.63) is 0 Å². The van der Waals surface area contributed by atoms with Crippen LogP contribution in [0.3, 0.4) is 0 Å². The van der Waals surface area contributed by atoms with Gasteiger partial charge in [0.2, 0.25) is 11.8 Å². The Hall–Kier alpha value is -1.04. The Bertz CT molecular complexity index is 295. The highest BCUT2D eigenvalue weighted by Crippen LogP contribution is 2.20. The van der Waals surface area contributed by atoms with Crippen molar-refractivity contribution in [1.29, 1.82) is 0 Å². The maximum Gasteiger partial charge on any atom is 0.217 e. The fraction of sp³-hybridized carbons (Fsp3) is 0.750. The van der Waals surface area contributed by atoms with Crippen LogP contribution >= 0.6 is 12.6 Å². The van der Waals surface area contributed by atoms with Crippen LogP contribution in [0.5, 0.6) is 0 Å². The van der Waals surface area contributed by atoms with Crippen LogP contribution in [-0.4, -0.2) is 16.9 Å². The summed E-state index contributed by atoms with van der Waals surface area (Å²) in [5.74, 6) is -0.477. The molecule has 0 fully saturated rings. The fourth-order valence-electron chi connectivity index (χ4n) is 1.91. The summed E-state index contributed by atoms with van der Waals surface area (Å²) in [5, 5.41) is -0.116. The van der Waals surface area contributed by atoms with E-state index in [1.165, 1.54) is 0 Å². The summed E-state index contributed by atoms with van der Waals surface area (Å²) >= 11 is 3.69. The van der Waals surface area contributed by atoms with E-state index in [2.05, 4.69) is 12.6 Å². The van der Waals surface area contributed by atoms with Crippen LogP contribution in [0, 0.1) is 5.92 Å². The molecule has 1 unspecified atom stereocenters. The zero-order chi connectivity index (χ0) is 14.0. The molecule has 0 aromatic heterocycles. The maximum atomic E-state index is 10.9. The molecule has 0 heterocycles. The second-order valence-electron chi connectivity index (χ2n) is 4.53. The largest absolute Gasteiger partial charge is 0.370 e. The predicted octanol–water partition coefficient (Wildman–Crippen LogP) is 1.15. The summed E-state index contributed by atoms with van der Waals surface area (Å²) < 4.78 is 0. The highest BCUT2D eigenvalue weighted by atomic mass is 32.1. The molecule has 6 heteroatoms. The molecule has 104 valence electrons. The number of hydrogen-bond acceptors (Lipinski definition) is 3. The van der Waals surface area contributed by atoms with Crippen LogP contribution in [-0.2, 0) is 14.4 Å². The first kappa shape index (κ1) is 17.0. The van der Waals surface area contributed by atoms with E-state index < -0.39 is 0 Å². The SMILES string of the molecule is NC(=O)CCCC(CCCCC(=O)S)CC(N)=O. The van der Waals surface area contributed by atoms with Crippen molar-refractivity contribution in [1.82, 2.24) is 0 Å². The van der Waals surface area contributed by atoms with E-state index in [4.69, 9.17) is 11.5 Å². The fourth-order valence-corrected chi connectivity index (χ4v) is 2.07. The van der Waals surface area contributed by atoms with Crippen molar-refractivity contribution in [2.45, 2.75) is 51.4 Å². The summed E-state index contributed by atoms with van der Waals surface area (Å²) in [5.41, 5.74) is 10.2. The number of hydrogen-bond donors (Lipinski definition) is 3. The highest BCUT2D eigenvalue weighted by molar-refractivity contribution is 7.96. The normalized spacial score (nSPS) is 12.1. The molecular formula is C12H22N2O3S. The quantitative estimate of drug-likeness (QED) is 0.389. The third-order valence-electron chi connectivity index (χ3n) is 2.78. The molecule has 0 saturated carbocycles. The highest BCUT2D eigenvalue weighted by Gasteiger charge is 2.12. The Kier molecular flexibility index (Phi) is 9.36. The van der Waals surface area contributed by atoms with E-state index in [1.807, 2.05) is 0 Å². The minimum absolute atomic E-state index is 0.116. The minimum atomic E-state index is -0.329. The van der Waals surface area contributed by atoms with Crippen molar-refractivity contribution >= 4 is 29.6 Å². The summed E-state index contributed by atoms with van der Waals surface area (Å²) in [6.45, 7) is 0. The van der Waals surface area contributed by atoms with Crippen molar-refractivity contribution in [3.63, 3.8) is 0 Å². The second-order valence-corrected chi connectivity index (χ2v) is 5.03. The number of nitrogens with two attached hydrogens (primary N) is 2. The molecule has 0 rings (SSSR count). The van der Waals surface area contributed by atoms with Gasteiger partial charge in [0, 0.05) is 19.3 Å². The van der Waals surface area contributed by atoms with E-state index in [-0.39, 0.29) is 22.8 Å². The number of thiol groups is 1. The van der Waals surface area contributed by atoms with Gasteiger partial charge in [0.05, 0.1) is 0 Å². The third-order valence-corrected chi connectivity index (χ3v) is 3.00.